The molecule has 90 valence electrons. The van der Waals surface area contributed by atoms with Gasteiger partial charge in [0.15, 0.2) is 0 Å². The van der Waals surface area contributed by atoms with Crippen LogP contribution in [-0.2, 0) is 0 Å². The molecule has 1 saturated heterocycles. The van der Waals surface area contributed by atoms with E-state index in [-0.39, 0.29) is 0 Å². The van der Waals surface area contributed by atoms with Crippen LogP contribution in [0.25, 0.3) is 0 Å². The zero-order valence-electron chi connectivity index (χ0n) is 10.4. The second kappa shape index (κ2) is 3.84. The highest BCUT2D eigenvalue weighted by atomic mass is 16.1. The lowest BCUT2D eigenvalue weighted by atomic mass is 9.88. The molecule has 1 aromatic rings. The van der Waals surface area contributed by atoms with Gasteiger partial charge in [0.25, 0.3) is 0 Å². The Kier molecular flexibility index (Phi) is 2.44. The van der Waals surface area contributed by atoms with E-state index >= 15 is 0 Å². The number of carbonyl (C=O) groups is 1. The number of likely N-dealkylation sites (N-methyl/N-ethyl adjacent to an activating group) is 2. The van der Waals surface area contributed by atoms with Gasteiger partial charge in [0.1, 0.15) is 6.29 Å². The fourth-order valence-electron chi connectivity index (χ4n) is 3.29. The number of carbonyl (C=O) groups excluding carboxylic acids is 1. The highest BCUT2D eigenvalue weighted by molar-refractivity contribution is 5.78. The second-order valence-corrected chi connectivity index (χ2v) is 5.27. The van der Waals surface area contributed by atoms with Crippen molar-refractivity contribution < 1.29 is 4.79 Å². The maximum Gasteiger partial charge on any atom is 0.150 e. The number of nitrogens with zero attached hydrogens (tertiary/aromatic N) is 2. The van der Waals surface area contributed by atoms with Gasteiger partial charge < -0.3 is 9.80 Å². The van der Waals surface area contributed by atoms with E-state index in [0.717, 1.165) is 24.9 Å². The smallest absolute Gasteiger partial charge is 0.150 e. The van der Waals surface area contributed by atoms with Gasteiger partial charge in [-0.2, -0.15) is 0 Å². The lowest BCUT2D eigenvalue weighted by Gasteiger charge is -2.36. The van der Waals surface area contributed by atoms with Crippen molar-refractivity contribution in [1.29, 1.82) is 0 Å². The molecule has 0 aliphatic carbocycles. The molecule has 3 rings (SSSR count). The number of rotatable bonds is 1. The molecule has 0 radical (unpaired) electrons. The molecular formula is C14H18N2O. The first-order chi connectivity index (χ1) is 8.20. The van der Waals surface area contributed by atoms with Crippen LogP contribution >= 0.6 is 0 Å². The molecule has 0 aromatic heterocycles. The van der Waals surface area contributed by atoms with Crippen molar-refractivity contribution in [1.82, 2.24) is 4.90 Å². The van der Waals surface area contributed by atoms with E-state index in [0.29, 0.717) is 12.0 Å². The van der Waals surface area contributed by atoms with Crippen molar-refractivity contribution in [3.63, 3.8) is 0 Å². The number of anilines is 1. The number of likely N-dealkylation sites (tertiary alicyclic amines) is 1. The zero-order chi connectivity index (χ0) is 12.0. The van der Waals surface area contributed by atoms with Crippen molar-refractivity contribution in [2.24, 2.45) is 0 Å². The summed E-state index contributed by atoms with van der Waals surface area (Å²) in [5, 5.41) is 0. The van der Waals surface area contributed by atoms with Gasteiger partial charge in [-0.1, -0.05) is 0 Å². The highest BCUT2D eigenvalue weighted by Gasteiger charge is 2.39. The van der Waals surface area contributed by atoms with Crippen molar-refractivity contribution in [2.75, 3.05) is 32.1 Å². The van der Waals surface area contributed by atoms with Crippen LogP contribution in [0.2, 0.25) is 0 Å². The minimum absolute atomic E-state index is 0.575. The van der Waals surface area contributed by atoms with Crippen LogP contribution in [0, 0.1) is 0 Å². The second-order valence-electron chi connectivity index (χ2n) is 5.27. The van der Waals surface area contributed by atoms with Gasteiger partial charge in [-0.15, -0.1) is 0 Å². The van der Waals surface area contributed by atoms with E-state index in [4.69, 9.17) is 0 Å². The fraction of sp³-hybridized carbons (Fsp3) is 0.500. The molecule has 3 heteroatoms. The monoisotopic (exact) mass is 230 g/mol. The number of hydrogen-bond donors (Lipinski definition) is 0. The molecule has 2 heterocycles. The lowest BCUT2D eigenvalue weighted by molar-refractivity contribution is 0.112. The van der Waals surface area contributed by atoms with Crippen LogP contribution in [0.15, 0.2) is 18.2 Å². The third kappa shape index (κ3) is 1.57. The minimum Gasteiger partial charge on any atom is -0.369 e. The normalized spacial score (nSPS) is 27.8. The molecular weight excluding hydrogens is 212 g/mol. The summed E-state index contributed by atoms with van der Waals surface area (Å²) in [6.45, 7) is 2.27. The van der Waals surface area contributed by atoms with E-state index in [1.54, 1.807) is 0 Å². The molecule has 1 fully saturated rings. The Hall–Kier alpha value is -1.35. The molecule has 17 heavy (non-hydrogen) atoms. The summed E-state index contributed by atoms with van der Waals surface area (Å²) in [5.41, 5.74) is 3.48. The first kappa shape index (κ1) is 10.8. The number of hydrogen-bond acceptors (Lipinski definition) is 3. The summed E-state index contributed by atoms with van der Waals surface area (Å²) in [5.74, 6) is 0.603. The zero-order valence-corrected chi connectivity index (χ0v) is 10.4. The van der Waals surface area contributed by atoms with Crippen LogP contribution in [0.4, 0.5) is 5.69 Å². The molecule has 0 bridgehead atoms. The standard InChI is InChI=1S/C14H18N2O/c1-15-6-5-11-12-7-10(9-17)3-4-13(12)16(2)14(11)8-15/h3-4,7,9,11,14H,5-6,8H2,1-2H3. The van der Waals surface area contributed by atoms with Gasteiger partial charge in [0.2, 0.25) is 0 Å². The maximum absolute atomic E-state index is 10.9. The van der Waals surface area contributed by atoms with E-state index in [9.17, 15) is 4.79 Å². The minimum atomic E-state index is 0.575. The highest BCUT2D eigenvalue weighted by Crippen LogP contribution is 2.44. The molecule has 0 amide bonds. The van der Waals surface area contributed by atoms with E-state index < -0.39 is 0 Å². The Balaban J connectivity index is 2.02. The Morgan fingerprint density at radius 3 is 2.94 bits per heavy atom. The van der Waals surface area contributed by atoms with E-state index in [1.165, 1.54) is 17.7 Å². The van der Waals surface area contributed by atoms with Crippen molar-refractivity contribution in [3.05, 3.63) is 29.3 Å². The molecule has 0 spiro atoms. The molecule has 2 aliphatic heterocycles. The third-order valence-electron chi connectivity index (χ3n) is 4.25. The summed E-state index contributed by atoms with van der Waals surface area (Å²) in [7, 11) is 4.35. The number of aldehydes is 1. The predicted octanol–water partition coefficient (Wildman–Crippen LogP) is 1.74. The van der Waals surface area contributed by atoms with Crippen LogP contribution < -0.4 is 4.90 Å². The Labute approximate surface area is 102 Å². The molecule has 2 atom stereocenters. The average molecular weight is 230 g/mol. The number of benzene rings is 1. The van der Waals surface area contributed by atoms with Crippen LogP contribution in [0.3, 0.4) is 0 Å². The van der Waals surface area contributed by atoms with Gasteiger partial charge in [0, 0.05) is 36.8 Å². The van der Waals surface area contributed by atoms with E-state index in [2.05, 4.69) is 36.0 Å². The number of piperidine rings is 1. The summed E-state index contributed by atoms with van der Waals surface area (Å²) < 4.78 is 0. The first-order valence-corrected chi connectivity index (χ1v) is 6.21. The molecule has 1 aromatic carbocycles. The number of fused-ring (bicyclic) bond motifs is 3. The first-order valence-electron chi connectivity index (χ1n) is 6.21. The topological polar surface area (TPSA) is 23.6 Å². The Morgan fingerprint density at radius 1 is 1.35 bits per heavy atom. The van der Waals surface area contributed by atoms with E-state index in [1.807, 2.05) is 6.07 Å². The van der Waals surface area contributed by atoms with Crippen LogP contribution in [0.1, 0.15) is 28.3 Å². The lowest BCUT2D eigenvalue weighted by Crippen LogP contribution is -2.45. The molecule has 0 N–H and O–H groups in total. The fourth-order valence-corrected chi connectivity index (χ4v) is 3.29. The third-order valence-corrected chi connectivity index (χ3v) is 4.25. The van der Waals surface area contributed by atoms with Crippen LogP contribution in [0.5, 0.6) is 0 Å². The molecule has 2 aliphatic rings. The average Bonchev–Trinajstić information content (AvgIpc) is 2.62. The van der Waals surface area contributed by atoms with Gasteiger partial charge >= 0.3 is 0 Å². The summed E-state index contributed by atoms with van der Waals surface area (Å²) in [6.07, 6.45) is 2.14. The Bertz CT molecular complexity index is 458. The SMILES string of the molecule is CN1CCC2c3cc(C=O)ccc3N(C)C2C1. The van der Waals surface area contributed by atoms with Gasteiger partial charge in [-0.3, -0.25) is 4.79 Å². The van der Waals surface area contributed by atoms with Crippen molar-refractivity contribution in [3.8, 4) is 0 Å². The summed E-state index contributed by atoms with van der Waals surface area (Å²) >= 11 is 0. The summed E-state index contributed by atoms with van der Waals surface area (Å²) in [6, 6.07) is 6.67. The predicted molar refractivity (Wildman–Crippen MR) is 68.9 cm³/mol. The molecule has 2 unspecified atom stereocenters. The van der Waals surface area contributed by atoms with Crippen molar-refractivity contribution in [2.45, 2.75) is 18.4 Å². The summed E-state index contributed by atoms with van der Waals surface area (Å²) in [4.78, 5) is 15.7. The Morgan fingerprint density at radius 2 is 2.18 bits per heavy atom. The van der Waals surface area contributed by atoms with Gasteiger partial charge in [-0.05, 0) is 43.8 Å². The maximum atomic E-state index is 10.9. The van der Waals surface area contributed by atoms with Crippen LogP contribution in [-0.4, -0.2) is 44.4 Å². The quantitative estimate of drug-likeness (QED) is 0.687. The largest absolute Gasteiger partial charge is 0.369 e. The van der Waals surface area contributed by atoms with Gasteiger partial charge in [-0.25, -0.2) is 0 Å². The van der Waals surface area contributed by atoms with Crippen molar-refractivity contribution >= 4 is 12.0 Å². The molecule has 3 nitrogen and oxygen atoms in total. The molecule has 0 saturated carbocycles. The van der Waals surface area contributed by atoms with Gasteiger partial charge in [0.05, 0.1) is 0 Å².